The van der Waals surface area contributed by atoms with Gasteiger partial charge in [-0.05, 0) is 31.6 Å². The monoisotopic (exact) mass is 199 g/mol. The Hall–Kier alpha value is -0.0800. The van der Waals surface area contributed by atoms with Gasteiger partial charge in [0.15, 0.2) is 0 Å². The van der Waals surface area contributed by atoms with Gasteiger partial charge in [-0.1, -0.05) is 26.7 Å². The van der Waals surface area contributed by atoms with Gasteiger partial charge in [-0.2, -0.15) is 0 Å². The molecule has 0 radical (unpaired) electrons. The molecule has 0 aromatic rings. The largest absolute Gasteiger partial charge is 0.392 e. The van der Waals surface area contributed by atoms with Crippen LogP contribution < -0.4 is 5.32 Å². The van der Waals surface area contributed by atoms with Crippen LogP contribution in [0.1, 0.15) is 46.5 Å². The second-order valence-corrected chi connectivity index (χ2v) is 5.27. The summed E-state index contributed by atoms with van der Waals surface area (Å²) in [5.74, 6) is 1.56. The third-order valence-electron chi connectivity index (χ3n) is 2.83. The van der Waals surface area contributed by atoms with E-state index < -0.39 is 0 Å². The summed E-state index contributed by atoms with van der Waals surface area (Å²) < 4.78 is 0. The average molecular weight is 199 g/mol. The van der Waals surface area contributed by atoms with Crippen molar-refractivity contribution in [1.29, 1.82) is 0 Å². The second kappa shape index (κ2) is 5.72. The third-order valence-corrected chi connectivity index (χ3v) is 2.83. The summed E-state index contributed by atoms with van der Waals surface area (Å²) in [6, 6.07) is 0.573. The summed E-state index contributed by atoms with van der Waals surface area (Å²) in [5.41, 5.74) is 0. The molecule has 0 spiro atoms. The molecule has 1 saturated carbocycles. The van der Waals surface area contributed by atoms with Gasteiger partial charge in [-0.25, -0.2) is 0 Å². The molecule has 1 rings (SSSR count). The Morgan fingerprint density at radius 2 is 1.93 bits per heavy atom. The summed E-state index contributed by atoms with van der Waals surface area (Å²) in [6.07, 6.45) is 4.86. The van der Waals surface area contributed by atoms with Gasteiger partial charge in [-0.3, -0.25) is 0 Å². The standard InChI is InChI=1S/C12H25NO/c1-9(2)6-12(14)8-13-10(3)7-11-4-5-11/h9-14H,4-8H2,1-3H3. The predicted octanol–water partition coefficient (Wildman–Crippen LogP) is 2.17. The number of hydrogen-bond acceptors (Lipinski definition) is 2. The van der Waals surface area contributed by atoms with Crippen molar-refractivity contribution in [2.75, 3.05) is 6.54 Å². The van der Waals surface area contributed by atoms with Gasteiger partial charge in [-0.15, -0.1) is 0 Å². The van der Waals surface area contributed by atoms with E-state index in [1.165, 1.54) is 19.3 Å². The highest BCUT2D eigenvalue weighted by atomic mass is 16.3. The summed E-state index contributed by atoms with van der Waals surface area (Å²) in [7, 11) is 0. The van der Waals surface area contributed by atoms with Crippen molar-refractivity contribution in [2.45, 2.75) is 58.6 Å². The number of aliphatic hydroxyl groups excluding tert-OH is 1. The van der Waals surface area contributed by atoms with Crippen LogP contribution in [0, 0.1) is 11.8 Å². The Bertz CT molecular complexity index is 144. The smallest absolute Gasteiger partial charge is 0.0667 e. The average Bonchev–Trinajstić information content (AvgIpc) is 2.83. The lowest BCUT2D eigenvalue weighted by molar-refractivity contribution is 0.142. The Kier molecular flexibility index (Phi) is 4.90. The minimum Gasteiger partial charge on any atom is -0.392 e. The summed E-state index contributed by atoms with van der Waals surface area (Å²) in [6.45, 7) is 7.28. The van der Waals surface area contributed by atoms with Crippen LogP contribution in [-0.2, 0) is 0 Å². The van der Waals surface area contributed by atoms with E-state index in [1.54, 1.807) is 0 Å². The maximum Gasteiger partial charge on any atom is 0.0667 e. The first kappa shape index (κ1) is 12.0. The maximum atomic E-state index is 9.66. The van der Waals surface area contributed by atoms with Crippen molar-refractivity contribution in [1.82, 2.24) is 5.32 Å². The fourth-order valence-corrected chi connectivity index (χ4v) is 1.90. The van der Waals surface area contributed by atoms with Crippen molar-refractivity contribution in [3.63, 3.8) is 0 Å². The Morgan fingerprint density at radius 1 is 1.29 bits per heavy atom. The molecule has 14 heavy (non-hydrogen) atoms. The van der Waals surface area contributed by atoms with Crippen LogP contribution in [-0.4, -0.2) is 23.8 Å². The number of aliphatic hydroxyl groups is 1. The van der Waals surface area contributed by atoms with Crippen LogP contribution in [0.2, 0.25) is 0 Å². The second-order valence-electron chi connectivity index (χ2n) is 5.27. The van der Waals surface area contributed by atoms with Crippen LogP contribution in [0.5, 0.6) is 0 Å². The topological polar surface area (TPSA) is 32.3 Å². The minimum atomic E-state index is -0.170. The fraction of sp³-hybridized carbons (Fsp3) is 1.00. The first-order valence-electron chi connectivity index (χ1n) is 5.99. The molecule has 0 saturated heterocycles. The first-order valence-corrected chi connectivity index (χ1v) is 5.99. The number of rotatable bonds is 7. The molecule has 2 heteroatoms. The molecule has 0 aliphatic heterocycles. The molecule has 1 aliphatic carbocycles. The fourth-order valence-electron chi connectivity index (χ4n) is 1.90. The minimum absolute atomic E-state index is 0.170. The quantitative estimate of drug-likeness (QED) is 0.658. The number of nitrogens with one attached hydrogen (secondary N) is 1. The SMILES string of the molecule is CC(C)CC(O)CNC(C)CC1CC1. The van der Waals surface area contributed by atoms with Gasteiger partial charge >= 0.3 is 0 Å². The van der Waals surface area contributed by atoms with Crippen LogP contribution in [0.25, 0.3) is 0 Å². The van der Waals surface area contributed by atoms with Gasteiger partial charge in [0, 0.05) is 12.6 Å². The van der Waals surface area contributed by atoms with E-state index >= 15 is 0 Å². The third kappa shape index (κ3) is 5.61. The van der Waals surface area contributed by atoms with Gasteiger partial charge in [0.25, 0.3) is 0 Å². The Balaban J connectivity index is 1.99. The molecular formula is C12H25NO. The van der Waals surface area contributed by atoms with Gasteiger partial charge < -0.3 is 10.4 Å². The van der Waals surface area contributed by atoms with Gasteiger partial charge in [0.05, 0.1) is 6.10 Å². The van der Waals surface area contributed by atoms with Crippen molar-refractivity contribution < 1.29 is 5.11 Å². The predicted molar refractivity (Wildman–Crippen MR) is 60.3 cm³/mol. The van der Waals surface area contributed by atoms with Crippen molar-refractivity contribution in [3.05, 3.63) is 0 Å². The van der Waals surface area contributed by atoms with E-state index in [9.17, 15) is 5.11 Å². The molecule has 1 fully saturated rings. The zero-order valence-corrected chi connectivity index (χ0v) is 9.79. The highest BCUT2D eigenvalue weighted by Crippen LogP contribution is 2.33. The molecule has 2 nitrogen and oxygen atoms in total. The van der Waals surface area contributed by atoms with Crippen LogP contribution >= 0.6 is 0 Å². The zero-order chi connectivity index (χ0) is 10.6. The van der Waals surface area contributed by atoms with E-state index in [1.807, 2.05) is 0 Å². The molecule has 0 aromatic heterocycles. The van der Waals surface area contributed by atoms with Crippen molar-refractivity contribution in [3.8, 4) is 0 Å². The molecule has 2 atom stereocenters. The highest BCUT2D eigenvalue weighted by Gasteiger charge is 2.23. The molecule has 0 aromatic carbocycles. The van der Waals surface area contributed by atoms with Crippen LogP contribution in [0.15, 0.2) is 0 Å². The van der Waals surface area contributed by atoms with Crippen molar-refractivity contribution in [2.24, 2.45) is 11.8 Å². The Morgan fingerprint density at radius 3 is 2.43 bits per heavy atom. The summed E-state index contributed by atoms with van der Waals surface area (Å²) in [5, 5.41) is 13.1. The summed E-state index contributed by atoms with van der Waals surface area (Å²) >= 11 is 0. The number of hydrogen-bond donors (Lipinski definition) is 2. The molecule has 0 bridgehead atoms. The lowest BCUT2D eigenvalue weighted by Gasteiger charge is -2.18. The zero-order valence-electron chi connectivity index (χ0n) is 9.79. The molecule has 0 heterocycles. The Labute approximate surface area is 88.1 Å². The lowest BCUT2D eigenvalue weighted by atomic mass is 10.1. The molecule has 1 aliphatic rings. The molecule has 84 valence electrons. The normalized spacial score (nSPS) is 21.2. The molecule has 2 unspecified atom stereocenters. The molecule has 0 amide bonds. The van der Waals surface area contributed by atoms with E-state index in [-0.39, 0.29) is 6.10 Å². The van der Waals surface area contributed by atoms with Crippen LogP contribution in [0.4, 0.5) is 0 Å². The van der Waals surface area contributed by atoms with E-state index in [4.69, 9.17) is 0 Å². The van der Waals surface area contributed by atoms with Crippen molar-refractivity contribution >= 4 is 0 Å². The highest BCUT2D eigenvalue weighted by molar-refractivity contribution is 4.78. The summed E-state index contributed by atoms with van der Waals surface area (Å²) in [4.78, 5) is 0. The first-order chi connectivity index (χ1) is 6.58. The van der Waals surface area contributed by atoms with E-state index in [2.05, 4.69) is 26.1 Å². The van der Waals surface area contributed by atoms with Gasteiger partial charge in [0.1, 0.15) is 0 Å². The molecular weight excluding hydrogens is 174 g/mol. The van der Waals surface area contributed by atoms with E-state index in [0.717, 1.165) is 18.9 Å². The van der Waals surface area contributed by atoms with Crippen LogP contribution in [0.3, 0.4) is 0 Å². The molecule has 2 N–H and O–H groups in total. The van der Waals surface area contributed by atoms with E-state index in [0.29, 0.717) is 12.0 Å². The maximum absolute atomic E-state index is 9.66. The lowest BCUT2D eigenvalue weighted by Crippen LogP contribution is -2.34. The van der Waals surface area contributed by atoms with Gasteiger partial charge in [0.2, 0.25) is 0 Å².